The second-order valence-corrected chi connectivity index (χ2v) is 4.70. The number of nitrogens with one attached hydrogen (secondary N) is 2. The van der Waals surface area contributed by atoms with Crippen LogP contribution in [0.1, 0.15) is 11.4 Å². The molecule has 5 nitrogen and oxygen atoms in total. The van der Waals surface area contributed by atoms with Gasteiger partial charge in [-0.15, -0.1) is 6.42 Å². The van der Waals surface area contributed by atoms with Crippen molar-refractivity contribution in [1.82, 2.24) is 20.5 Å². The Labute approximate surface area is 119 Å². The molecule has 6 heteroatoms. The number of aromatic amines is 1. The predicted octanol–water partition coefficient (Wildman–Crippen LogP) is 1.87. The number of hydrogen-bond donors (Lipinski definition) is 2. The molecule has 2 N–H and O–H groups in total. The molecule has 2 rings (SSSR count). The molecule has 0 aliphatic heterocycles. The smallest absolute Gasteiger partial charge is 0.148 e. The highest BCUT2D eigenvalue weighted by Crippen LogP contribution is 2.23. The fraction of sp³-hybridized carbons (Fsp3) is 0.231. The largest absolute Gasteiger partial charge is 0.481 e. The van der Waals surface area contributed by atoms with E-state index in [1.807, 2.05) is 18.2 Å². The molecule has 0 amide bonds. The normalized spacial score (nSPS) is 10.1. The Kier molecular flexibility index (Phi) is 4.95. The van der Waals surface area contributed by atoms with Crippen molar-refractivity contribution in [2.45, 2.75) is 13.1 Å². The minimum atomic E-state index is 0.261. The van der Waals surface area contributed by atoms with Gasteiger partial charge in [0.1, 0.15) is 24.5 Å². The number of terminal acetylenes is 1. The van der Waals surface area contributed by atoms with E-state index in [2.05, 4.69) is 42.3 Å². The molecule has 2 aromatic rings. The van der Waals surface area contributed by atoms with E-state index in [4.69, 9.17) is 11.2 Å². The molecule has 0 fully saturated rings. The zero-order valence-electron chi connectivity index (χ0n) is 10.2. The lowest BCUT2D eigenvalue weighted by molar-refractivity contribution is 0.364. The molecule has 19 heavy (non-hydrogen) atoms. The van der Waals surface area contributed by atoms with Crippen LogP contribution in [0.15, 0.2) is 29.0 Å². The van der Waals surface area contributed by atoms with E-state index in [9.17, 15) is 0 Å². The van der Waals surface area contributed by atoms with Crippen molar-refractivity contribution >= 4 is 15.9 Å². The summed E-state index contributed by atoms with van der Waals surface area (Å²) in [5.74, 6) is 4.04. The molecule has 0 spiro atoms. The number of rotatable bonds is 6. The molecule has 0 saturated carbocycles. The number of benzene rings is 1. The third kappa shape index (κ3) is 4.09. The van der Waals surface area contributed by atoms with Gasteiger partial charge in [-0.2, -0.15) is 5.10 Å². The van der Waals surface area contributed by atoms with Gasteiger partial charge in [0.25, 0.3) is 0 Å². The topological polar surface area (TPSA) is 62.8 Å². The van der Waals surface area contributed by atoms with Crippen molar-refractivity contribution < 1.29 is 4.74 Å². The van der Waals surface area contributed by atoms with E-state index >= 15 is 0 Å². The Hall–Kier alpha value is -1.84. The van der Waals surface area contributed by atoms with Crippen LogP contribution >= 0.6 is 15.9 Å². The highest BCUT2D eigenvalue weighted by molar-refractivity contribution is 9.10. The van der Waals surface area contributed by atoms with Gasteiger partial charge >= 0.3 is 0 Å². The van der Waals surface area contributed by atoms with Crippen LogP contribution in [0.5, 0.6) is 5.75 Å². The number of halogens is 1. The van der Waals surface area contributed by atoms with Crippen molar-refractivity contribution in [3.63, 3.8) is 0 Å². The molecule has 0 bridgehead atoms. The van der Waals surface area contributed by atoms with Gasteiger partial charge in [-0.3, -0.25) is 5.10 Å². The predicted molar refractivity (Wildman–Crippen MR) is 75.4 cm³/mol. The maximum Gasteiger partial charge on any atom is 0.148 e. The summed E-state index contributed by atoms with van der Waals surface area (Å²) in [5, 5.41) is 9.84. The minimum Gasteiger partial charge on any atom is -0.481 e. The quantitative estimate of drug-likeness (QED) is 0.798. The number of H-pyrrole nitrogens is 1. The molecule has 0 radical (unpaired) electrons. The number of nitrogens with zero attached hydrogens (tertiary/aromatic N) is 2. The summed E-state index contributed by atoms with van der Waals surface area (Å²) in [6, 6.07) is 5.82. The SMILES string of the molecule is C#CCOc1ccc(Br)cc1CNCc1ncn[nH]1. The Morgan fingerprint density at radius 2 is 2.32 bits per heavy atom. The molecule has 1 aromatic carbocycles. The van der Waals surface area contributed by atoms with E-state index in [1.165, 1.54) is 6.33 Å². The average Bonchev–Trinajstić information content (AvgIpc) is 2.91. The van der Waals surface area contributed by atoms with Gasteiger partial charge in [0, 0.05) is 16.6 Å². The Morgan fingerprint density at radius 1 is 1.42 bits per heavy atom. The molecule has 0 atom stereocenters. The maximum atomic E-state index is 5.50. The Morgan fingerprint density at radius 3 is 3.05 bits per heavy atom. The van der Waals surface area contributed by atoms with Crippen LogP contribution in [0.25, 0.3) is 0 Å². The Bertz CT molecular complexity index is 563. The molecule has 1 aromatic heterocycles. The molecular formula is C13H13BrN4O. The first-order valence-corrected chi connectivity index (χ1v) is 6.48. The molecule has 0 aliphatic carbocycles. The third-order valence-corrected chi connectivity index (χ3v) is 2.90. The standard InChI is InChI=1S/C13H13BrN4O/c1-2-5-19-12-4-3-11(14)6-10(12)7-15-8-13-16-9-17-18-13/h1,3-4,6,9,15H,5,7-8H2,(H,16,17,18). The molecule has 0 aliphatic rings. The zero-order valence-corrected chi connectivity index (χ0v) is 11.8. The summed E-state index contributed by atoms with van der Waals surface area (Å²) in [5.41, 5.74) is 1.03. The Balaban J connectivity index is 1.97. The number of hydrogen-bond acceptors (Lipinski definition) is 4. The fourth-order valence-corrected chi connectivity index (χ4v) is 1.99. The summed E-state index contributed by atoms with van der Waals surface area (Å²) < 4.78 is 6.49. The van der Waals surface area contributed by atoms with Gasteiger partial charge in [-0.1, -0.05) is 21.9 Å². The lowest BCUT2D eigenvalue weighted by atomic mass is 10.2. The molecule has 1 heterocycles. The van der Waals surface area contributed by atoms with E-state index < -0.39 is 0 Å². The summed E-state index contributed by atoms with van der Waals surface area (Å²) in [4.78, 5) is 4.04. The first kappa shape index (κ1) is 13.6. The van der Waals surface area contributed by atoms with Crippen molar-refractivity contribution in [1.29, 1.82) is 0 Å². The highest BCUT2D eigenvalue weighted by Gasteiger charge is 2.05. The van der Waals surface area contributed by atoms with Crippen LogP contribution in [0.4, 0.5) is 0 Å². The monoisotopic (exact) mass is 320 g/mol. The second-order valence-electron chi connectivity index (χ2n) is 3.78. The van der Waals surface area contributed by atoms with Crippen molar-refractivity contribution in [3.05, 3.63) is 40.4 Å². The van der Waals surface area contributed by atoms with Crippen LogP contribution in [-0.2, 0) is 13.1 Å². The van der Waals surface area contributed by atoms with E-state index in [0.717, 1.165) is 21.6 Å². The minimum absolute atomic E-state index is 0.261. The summed E-state index contributed by atoms with van der Waals surface area (Å²) in [7, 11) is 0. The maximum absolute atomic E-state index is 5.50. The first-order chi connectivity index (χ1) is 9.29. The average molecular weight is 321 g/mol. The lowest BCUT2D eigenvalue weighted by Gasteiger charge is -2.10. The van der Waals surface area contributed by atoms with Crippen molar-refractivity contribution in [3.8, 4) is 18.1 Å². The van der Waals surface area contributed by atoms with Crippen LogP contribution in [-0.4, -0.2) is 21.8 Å². The van der Waals surface area contributed by atoms with Gasteiger partial charge in [0.05, 0.1) is 6.54 Å². The summed E-state index contributed by atoms with van der Waals surface area (Å²) >= 11 is 3.44. The van der Waals surface area contributed by atoms with Crippen LogP contribution in [0.3, 0.4) is 0 Å². The van der Waals surface area contributed by atoms with Gasteiger partial charge < -0.3 is 10.1 Å². The molecule has 0 saturated heterocycles. The van der Waals surface area contributed by atoms with Crippen LogP contribution in [0.2, 0.25) is 0 Å². The van der Waals surface area contributed by atoms with Crippen molar-refractivity contribution in [2.75, 3.05) is 6.61 Å². The van der Waals surface area contributed by atoms with E-state index in [0.29, 0.717) is 13.1 Å². The fourth-order valence-electron chi connectivity index (χ4n) is 1.58. The summed E-state index contributed by atoms with van der Waals surface area (Å²) in [6.07, 6.45) is 6.69. The van der Waals surface area contributed by atoms with Gasteiger partial charge in [-0.25, -0.2) is 4.98 Å². The van der Waals surface area contributed by atoms with Crippen molar-refractivity contribution in [2.24, 2.45) is 0 Å². The van der Waals surface area contributed by atoms with Gasteiger partial charge in [-0.05, 0) is 18.2 Å². The molecule has 98 valence electrons. The number of ether oxygens (including phenoxy) is 1. The summed E-state index contributed by atoms with van der Waals surface area (Å²) in [6.45, 7) is 1.53. The molecular weight excluding hydrogens is 308 g/mol. The molecule has 0 unspecified atom stereocenters. The number of aromatic nitrogens is 3. The van der Waals surface area contributed by atoms with E-state index in [-0.39, 0.29) is 6.61 Å². The lowest BCUT2D eigenvalue weighted by Crippen LogP contribution is -2.14. The van der Waals surface area contributed by atoms with Crippen LogP contribution < -0.4 is 10.1 Å². The van der Waals surface area contributed by atoms with Gasteiger partial charge in [0.15, 0.2) is 0 Å². The third-order valence-electron chi connectivity index (χ3n) is 2.41. The highest BCUT2D eigenvalue weighted by atomic mass is 79.9. The van der Waals surface area contributed by atoms with Crippen LogP contribution in [0, 0.1) is 12.3 Å². The zero-order chi connectivity index (χ0) is 13.5. The van der Waals surface area contributed by atoms with Gasteiger partial charge in [0.2, 0.25) is 0 Å². The van der Waals surface area contributed by atoms with E-state index in [1.54, 1.807) is 0 Å². The second kappa shape index (κ2) is 6.92. The first-order valence-electron chi connectivity index (χ1n) is 5.69.